The van der Waals surface area contributed by atoms with Gasteiger partial charge in [0.2, 0.25) is 0 Å². The number of alkyl halides is 3. The highest BCUT2D eigenvalue weighted by atomic mass is 19.4. The van der Waals surface area contributed by atoms with Gasteiger partial charge in [0.1, 0.15) is 6.54 Å². The van der Waals surface area contributed by atoms with E-state index in [0.29, 0.717) is 11.9 Å². The van der Waals surface area contributed by atoms with Crippen LogP contribution in [-0.2, 0) is 11.0 Å². The van der Waals surface area contributed by atoms with Crippen LogP contribution in [0.25, 0.3) is 5.82 Å². The first-order valence-corrected chi connectivity index (χ1v) is 7.79. The summed E-state index contributed by atoms with van der Waals surface area (Å²) in [7, 11) is 0. The quantitative estimate of drug-likeness (QED) is 0.875. The first-order valence-electron chi connectivity index (χ1n) is 7.79. The lowest BCUT2D eigenvalue weighted by molar-refractivity contribution is -0.138. The normalized spacial score (nSPS) is 14.3. The van der Waals surface area contributed by atoms with Crippen LogP contribution in [0.4, 0.5) is 13.2 Å². The lowest BCUT2D eigenvalue weighted by atomic mass is 10.2. The number of hydrogen-bond acceptors (Lipinski definition) is 4. The van der Waals surface area contributed by atoms with E-state index in [4.69, 9.17) is 5.11 Å². The molecular weight excluding hydrogens is 353 g/mol. The summed E-state index contributed by atoms with van der Waals surface area (Å²) in [5.41, 5.74) is -0.318. The number of amides is 1. The molecule has 138 valence electrons. The maximum absolute atomic E-state index is 12.7. The van der Waals surface area contributed by atoms with Gasteiger partial charge in [-0.15, -0.1) is 0 Å². The summed E-state index contributed by atoms with van der Waals surface area (Å²) in [6.45, 7) is 1.16. The third-order valence-corrected chi connectivity index (χ3v) is 4.09. The van der Waals surface area contributed by atoms with Crippen molar-refractivity contribution in [2.45, 2.75) is 32.0 Å². The second-order valence-electron chi connectivity index (χ2n) is 6.02. The van der Waals surface area contributed by atoms with E-state index in [9.17, 15) is 22.8 Å². The van der Waals surface area contributed by atoms with Crippen molar-refractivity contribution >= 4 is 11.9 Å². The summed E-state index contributed by atoms with van der Waals surface area (Å²) in [5.74, 6) is -1.45. The number of nitrogens with zero attached hydrogens (tertiary/aromatic N) is 4. The average Bonchev–Trinajstić information content (AvgIpc) is 3.33. The predicted octanol–water partition coefficient (Wildman–Crippen LogP) is 2.28. The minimum absolute atomic E-state index is 0.106. The molecule has 0 radical (unpaired) electrons. The van der Waals surface area contributed by atoms with E-state index >= 15 is 0 Å². The predicted molar refractivity (Wildman–Crippen MR) is 82.8 cm³/mol. The molecule has 1 fully saturated rings. The molecule has 2 aromatic rings. The maximum Gasteiger partial charge on any atom is 0.417 e. The molecule has 1 aliphatic carbocycles. The van der Waals surface area contributed by atoms with Gasteiger partial charge in [-0.2, -0.15) is 18.3 Å². The van der Waals surface area contributed by atoms with Crippen LogP contribution >= 0.6 is 0 Å². The van der Waals surface area contributed by atoms with Crippen molar-refractivity contribution in [2.24, 2.45) is 0 Å². The summed E-state index contributed by atoms with van der Waals surface area (Å²) in [4.78, 5) is 28.7. The number of aromatic nitrogens is 3. The Labute approximate surface area is 146 Å². The zero-order valence-electron chi connectivity index (χ0n) is 13.7. The molecule has 2 aromatic heterocycles. The summed E-state index contributed by atoms with van der Waals surface area (Å²) >= 11 is 0. The van der Waals surface area contributed by atoms with Crippen molar-refractivity contribution < 1.29 is 27.9 Å². The number of carbonyl (C=O) groups excluding carboxylic acids is 1. The molecule has 26 heavy (non-hydrogen) atoms. The second-order valence-corrected chi connectivity index (χ2v) is 6.02. The van der Waals surface area contributed by atoms with Crippen molar-refractivity contribution in [3.05, 3.63) is 41.3 Å². The summed E-state index contributed by atoms with van der Waals surface area (Å²) in [5, 5.41) is 13.0. The fraction of sp³-hybridized carbons (Fsp3) is 0.375. The molecule has 0 bridgehead atoms. The first-order chi connectivity index (χ1) is 12.2. The molecule has 2 heterocycles. The highest BCUT2D eigenvalue weighted by molar-refractivity contribution is 5.97. The van der Waals surface area contributed by atoms with Gasteiger partial charge in [-0.25, -0.2) is 9.67 Å². The number of rotatable bonds is 5. The molecule has 1 N–H and O–H groups in total. The SMILES string of the molecule is Cc1c(C(=O)N(CC(=O)O)C2CC2)cnn1-c1ccc(C(F)(F)F)cn1. The molecule has 0 atom stereocenters. The number of carbonyl (C=O) groups is 2. The summed E-state index contributed by atoms with van der Waals surface area (Å²) in [6.07, 6.45) is -1.04. The number of halogens is 3. The van der Waals surface area contributed by atoms with Crippen LogP contribution in [0, 0.1) is 6.92 Å². The Balaban J connectivity index is 1.87. The highest BCUT2D eigenvalue weighted by Gasteiger charge is 2.36. The molecule has 1 amide bonds. The Morgan fingerprint density at radius 2 is 2.00 bits per heavy atom. The highest BCUT2D eigenvalue weighted by Crippen LogP contribution is 2.30. The van der Waals surface area contributed by atoms with E-state index in [-0.39, 0.29) is 17.4 Å². The van der Waals surface area contributed by atoms with Gasteiger partial charge >= 0.3 is 12.1 Å². The van der Waals surface area contributed by atoms with Crippen LogP contribution in [0.15, 0.2) is 24.5 Å². The minimum atomic E-state index is -4.49. The van der Waals surface area contributed by atoms with Crippen LogP contribution < -0.4 is 0 Å². The van der Waals surface area contributed by atoms with Crippen LogP contribution in [0.1, 0.15) is 34.5 Å². The smallest absolute Gasteiger partial charge is 0.417 e. The molecular formula is C16H15F3N4O3. The lowest BCUT2D eigenvalue weighted by Crippen LogP contribution is -2.37. The van der Waals surface area contributed by atoms with E-state index in [1.54, 1.807) is 6.92 Å². The number of hydrogen-bond donors (Lipinski definition) is 1. The standard InChI is InChI=1S/C16H15F3N4O3/c1-9-12(15(26)22(8-14(24)25)11-3-4-11)7-21-23(9)13-5-2-10(6-20-13)16(17,18)19/h2,5-7,11H,3-4,8H2,1H3,(H,24,25). The van der Waals surface area contributed by atoms with E-state index in [0.717, 1.165) is 25.0 Å². The lowest BCUT2D eigenvalue weighted by Gasteiger charge is -2.19. The van der Waals surface area contributed by atoms with Gasteiger partial charge in [-0.3, -0.25) is 9.59 Å². The van der Waals surface area contributed by atoms with Crippen LogP contribution in [0.5, 0.6) is 0 Å². The van der Waals surface area contributed by atoms with Crippen molar-refractivity contribution in [3.63, 3.8) is 0 Å². The van der Waals surface area contributed by atoms with Gasteiger partial charge in [0.25, 0.3) is 5.91 Å². The van der Waals surface area contributed by atoms with E-state index in [2.05, 4.69) is 10.1 Å². The van der Waals surface area contributed by atoms with Crippen molar-refractivity contribution in [1.82, 2.24) is 19.7 Å². The number of carboxylic acid groups (broad SMARTS) is 1. The Kier molecular flexibility index (Phi) is 4.43. The monoisotopic (exact) mass is 368 g/mol. The molecule has 0 spiro atoms. The van der Waals surface area contributed by atoms with Gasteiger partial charge in [0.15, 0.2) is 5.82 Å². The molecule has 3 rings (SSSR count). The molecule has 1 aliphatic rings. The van der Waals surface area contributed by atoms with Crippen LogP contribution in [0.3, 0.4) is 0 Å². The minimum Gasteiger partial charge on any atom is -0.480 e. The van der Waals surface area contributed by atoms with Crippen LogP contribution in [0.2, 0.25) is 0 Å². The molecule has 0 aromatic carbocycles. The van der Waals surface area contributed by atoms with E-state index in [1.807, 2.05) is 0 Å². The topological polar surface area (TPSA) is 88.3 Å². The summed E-state index contributed by atoms with van der Waals surface area (Å²) in [6, 6.07) is 1.93. The molecule has 0 aliphatic heterocycles. The van der Waals surface area contributed by atoms with Gasteiger partial charge in [0.05, 0.1) is 23.0 Å². The van der Waals surface area contributed by atoms with Gasteiger partial charge in [0, 0.05) is 12.2 Å². The van der Waals surface area contributed by atoms with Crippen molar-refractivity contribution in [2.75, 3.05) is 6.54 Å². The Morgan fingerprint density at radius 1 is 1.31 bits per heavy atom. The molecule has 7 nitrogen and oxygen atoms in total. The molecule has 10 heteroatoms. The summed E-state index contributed by atoms with van der Waals surface area (Å²) < 4.78 is 39.1. The van der Waals surface area contributed by atoms with Gasteiger partial charge in [-0.05, 0) is 31.9 Å². The average molecular weight is 368 g/mol. The van der Waals surface area contributed by atoms with Gasteiger partial charge < -0.3 is 10.0 Å². The van der Waals surface area contributed by atoms with E-state index in [1.165, 1.54) is 15.8 Å². The Bertz CT molecular complexity index is 841. The fourth-order valence-corrected chi connectivity index (χ4v) is 2.58. The van der Waals surface area contributed by atoms with Crippen molar-refractivity contribution in [3.8, 4) is 5.82 Å². The zero-order chi connectivity index (χ0) is 19.1. The molecule has 0 saturated heterocycles. The first kappa shape index (κ1) is 17.9. The van der Waals surface area contributed by atoms with Gasteiger partial charge in [-0.1, -0.05) is 0 Å². The molecule has 0 unspecified atom stereocenters. The Hall–Kier alpha value is -2.91. The number of pyridine rings is 1. The molecule has 1 saturated carbocycles. The van der Waals surface area contributed by atoms with Crippen molar-refractivity contribution in [1.29, 1.82) is 0 Å². The largest absolute Gasteiger partial charge is 0.480 e. The number of carboxylic acids is 1. The van der Waals surface area contributed by atoms with E-state index < -0.39 is 30.2 Å². The maximum atomic E-state index is 12.7. The fourth-order valence-electron chi connectivity index (χ4n) is 2.58. The zero-order valence-corrected chi connectivity index (χ0v) is 13.7. The van der Waals surface area contributed by atoms with Crippen LogP contribution in [-0.4, -0.2) is 49.2 Å². The second kappa shape index (κ2) is 6.43. The number of aliphatic carboxylic acids is 1. The Morgan fingerprint density at radius 3 is 2.50 bits per heavy atom. The third-order valence-electron chi connectivity index (χ3n) is 4.09. The third kappa shape index (κ3) is 3.53.